The molecule has 0 spiro atoms. The van der Waals surface area contributed by atoms with Gasteiger partial charge in [0, 0.05) is 19.8 Å². The second-order valence-electron chi connectivity index (χ2n) is 5.26. The van der Waals surface area contributed by atoms with Gasteiger partial charge < -0.3 is 4.74 Å². The predicted octanol–water partition coefficient (Wildman–Crippen LogP) is 2.80. The van der Waals surface area contributed by atoms with Gasteiger partial charge in [-0.3, -0.25) is 0 Å². The van der Waals surface area contributed by atoms with Crippen molar-refractivity contribution in [1.29, 1.82) is 0 Å². The van der Waals surface area contributed by atoms with Crippen LogP contribution in [0.15, 0.2) is 29.2 Å². The lowest BCUT2D eigenvalue weighted by Crippen LogP contribution is -2.27. The van der Waals surface area contributed by atoms with Gasteiger partial charge in [0.25, 0.3) is 0 Å². The molecule has 1 aliphatic heterocycles. The molecule has 1 saturated heterocycles. The van der Waals surface area contributed by atoms with Gasteiger partial charge in [0.2, 0.25) is 10.0 Å². The molecule has 0 unspecified atom stereocenters. The molecule has 1 aromatic carbocycles. The van der Waals surface area contributed by atoms with Crippen molar-refractivity contribution in [2.45, 2.75) is 30.3 Å². The summed E-state index contributed by atoms with van der Waals surface area (Å²) >= 11 is 0. The molecule has 1 heterocycles. The van der Waals surface area contributed by atoms with E-state index >= 15 is 0 Å². The van der Waals surface area contributed by atoms with E-state index in [2.05, 4.69) is 4.72 Å². The van der Waals surface area contributed by atoms with Crippen LogP contribution in [0.3, 0.4) is 0 Å². The number of benzene rings is 1. The Bertz CT molecular complexity index is 578. The predicted molar refractivity (Wildman–Crippen MR) is 74.8 cm³/mol. The van der Waals surface area contributed by atoms with Crippen molar-refractivity contribution in [1.82, 2.24) is 4.72 Å². The summed E-state index contributed by atoms with van der Waals surface area (Å²) in [7, 11) is -3.77. The fraction of sp³-hybridized carbons (Fsp3) is 0.571. The average molecular weight is 337 g/mol. The van der Waals surface area contributed by atoms with Crippen LogP contribution in [0.25, 0.3) is 0 Å². The Balaban J connectivity index is 1.92. The van der Waals surface area contributed by atoms with Crippen LogP contribution in [0, 0.1) is 5.92 Å². The number of nitrogens with one attached hydrogen (secondary N) is 1. The smallest absolute Gasteiger partial charge is 0.381 e. The van der Waals surface area contributed by atoms with Crippen molar-refractivity contribution in [3.63, 3.8) is 0 Å². The van der Waals surface area contributed by atoms with Gasteiger partial charge in [-0.1, -0.05) is 0 Å². The molecule has 1 aromatic rings. The Morgan fingerprint density at radius 2 is 1.73 bits per heavy atom. The maximum atomic E-state index is 12.4. The number of hydrogen-bond donors (Lipinski definition) is 1. The van der Waals surface area contributed by atoms with E-state index in [0.29, 0.717) is 25.6 Å². The topological polar surface area (TPSA) is 55.4 Å². The van der Waals surface area contributed by atoms with Gasteiger partial charge in [-0.25, -0.2) is 13.1 Å². The Hall–Kier alpha value is -1.12. The van der Waals surface area contributed by atoms with E-state index in [9.17, 15) is 21.6 Å². The van der Waals surface area contributed by atoms with E-state index < -0.39 is 21.8 Å². The Kier molecular flexibility index (Phi) is 5.46. The standard InChI is InChI=1S/C14H18F3NO3S/c15-14(16,17)12-1-3-13(4-2-12)22(19,20)18-8-5-11-6-9-21-10-7-11/h1-4,11,18H,5-10H2. The lowest BCUT2D eigenvalue weighted by atomic mass is 9.97. The number of sulfonamides is 1. The molecule has 1 aliphatic rings. The number of halogens is 3. The van der Waals surface area contributed by atoms with Gasteiger partial charge in [0.05, 0.1) is 10.5 Å². The molecule has 0 amide bonds. The van der Waals surface area contributed by atoms with Crippen molar-refractivity contribution in [2.24, 2.45) is 5.92 Å². The third-order valence-electron chi connectivity index (χ3n) is 3.68. The summed E-state index contributed by atoms with van der Waals surface area (Å²) in [4.78, 5) is -0.160. The van der Waals surface area contributed by atoms with Crippen molar-refractivity contribution in [3.8, 4) is 0 Å². The Morgan fingerprint density at radius 3 is 2.27 bits per heavy atom. The highest BCUT2D eigenvalue weighted by Gasteiger charge is 2.30. The lowest BCUT2D eigenvalue weighted by molar-refractivity contribution is -0.137. The highest BCUT2D eigenvalue weighted by molar-refractivity contribution is 7.89. The first kappa shape index (κ1) is 17.2. The summed E-state index contributed by atoms with van der Waals surface area (Å²) in [5, 5.41) is 0. The van der Waals surface area contributed by atoms with Gasteiger partial charge >= 0.3 is 6.18 Å². The van der Waals surface area contributed by atoms with E-state index in [4.69, 9.17) is 4.74 Å². The zero-order valence-corrected chi connectivity index (χ0v) is 12.7. The highest BCUT2D eigenvalue weighted by atomic mass is 32.2. The molecule has 0 saturated carbocycles. The summed E-state index contributed by atoms with van der Waals surface area (Å²) in [5.74, 6) is 0.420. The summed E-state index contributed by atoms with van der Waals surface area (Å²) in [6.07, 6.45) is -1.97. The van der Waals surface area contributed by atoms with E-state index in [-0.39, 0.29) is 11.4 Å². The van der Waals surface area contributed by atoms with Crippen LogP contribution in [0.4, 0.5) is 13.2 Å². The molecular weight excluding hydrogens is 319 g/mol. The van der Waals surface area contributed by atoms with Crippen LogP contribution in [0.2, 0.25) is 0 Å². The fourth-order valence-corrected chi connectivity index (χ4v) is 3.39. The molecule has 2 rings (SSSR count). The lowest BCUT2D eigenvalue weighted by Gasteiger charge is -2.21. The molecule has 8 heteroatoms. The molecule has 4 nitrogen and oxygen atoms in total. The number of alkyl halides is 3. The second kappa shape index (κ2) is 6.97. The molecule has 124 valence electrons. The zero-order chi connectivity index (χ0) is 16.2. The van der Waals surface area contributed by atoms with Gasteiger partial charge in [-0.2, -0.15) is 13.2 Å². The van der Waals surface area contributed by atoms with E-state index in [0.717, 1.165) is 37.1 Å². The highest BCUT2D eigenvalue weighted by Crippen LogP contribution is 2.29. The number of ether oxygens (including phenoxy) is 1. The third-order valence-corrected chi connectivity index (χ3v) is 5.15. The van der Waals surface area contributed by atoms with Crippen LogP contribution in [-0.4, -0.2) is 28.2 Å². The molecule has 1 fully saturated rings. The molecule has 0 aromatic heterocycles. The van der Waals surface area contributed by atoms with Crippen molar-refractivity contribution in [2.75, 3.05) is 19.8 Å². The van der Waals surface area contributed by atoms with Crippen molar-refractivity contribution < 1.29 is 26.3 Å². The SMILES string of the molecule is O=S(=O)(NCCC1CCOCC1)c1ccc(C(F)(F)F)cc1. The number of hydrogen-bond acceptors (Lipinski definition) is 3. The molecular formula is C14H18F3NO3S. The maximum absolute atomic E-state index is 12.4. The first-order valence-corrected chi connectivity index (χ1v) is 8.52. The van der Waals surface area contributed by atoms with Gasteiger partial charge in [-0.15, -0.1) is 0 Å². The molecule has 0 aliphatic carbocycles. The summed E-state index contributed by atoms with van der Waals surface area (Å²) in [6.45, 7) is 1.65. The Labute approximate surface area is 127 Å². The van der Waals surface area contributed by atoms with Crippen LogP contribution >= 0.6 is 0 Å². The van der Waals surface area contributed by atoms with E-state index in [1.807, 2.05) is 0 Å². The Morgan fingerprint density at radius 1 is 1.14 bits per heavy atom. The van der Waals surface area contributed by atoms with Gasteiger partial charge in [0.1, 0.15) is 0 Å². The quantitative estimate of drug-likeness (QED) is 0.899. The summed E-state index contributed by atoms with van der Waals surface area (Å²) in [5.41, 5.74) is -0.867. The first-order chi connectivity index (χ1) is 10.3. The normalized spacial score (nSPS) is 17.6. The van der Waals surface area contributed by atoms with Crippen molar-refractivity contribution in [3.05, 3.63) is 29.8 Å². The fourth-order valence-electron chi connectivity index (χ4n) is 2.34. The molecule has 0 radical (unpaired) electrons. The van der Waals surface area contributed by atoms with Crippen LogP contribution < -0.4 is 4.72 Å². The average Bonchev–Trinajstić information content (AvgIpc) is 2.47. The van der Waals surface area contributed by atoms with Crippen LogP contribution in [-0.2, 0) is 20.9 Å². The summed E-state index contributed by atoms with van der Waals surface area (Å²) in [6, 6.07) is 3.49. The molecule has 0 atom stereocenters. The zero-order valence-electron chi connectivity index (χ0n) is 11.9. The van der Waals surface area contributed by atoms with E-state index in [1.165, 1.54) is 0 Å². The van der Waals surface area contributed by atoms with Crippen LogP contribution in [0.1, 0.15) is 24.8 Å². The molecule has 22 heavy (non-hydrogen) atoms. The molecule has 0 bridgehead atoms. The maximum Gasteiger partial charge on any atom is 0.416 e. The monoisotopic (exact) mass is 337 g/mol. The van der Waals surface area contributed by atoms with E-state index in [1.54, 1.807) is 0 Å². The second-order valence-corrected chi connectivity index (χ2v) is 7.03. The third kappa shape index (κ3) is 4.69. The first-order valence-electron chi connectivity index (χ1n) is 7.04. The largest absolute Gasteiger partial charge is 0.416 e. The minimum atomic E-state index is -4.47. The van der Waals surface area contributed by atoms with Crippen LogP contribution in [0.5, 0.6) is 0 Å². The van der Waals surface area contributed by atoms with Gasteiger partial charge in [-0.05, 0) is 49.4 Å². The minimum Gasteiger partial charge on any atom is -0.381 e. The number of rotatable bonds is 5. The van der Waals surface area contributed by atoms with Gasteiger partial charge in [0.15, 0.2) is 0 Å². The van der Waals surface area contributed by atoms with Crippen molar-refractivity contribution >= 4 is 10.0 Å². The minimum absolute atomic E-state index is 0.160. The summed E-state index contributed by atoms with van der Waals surface area (Å²) < 4.78 is 69.0. The molecule has 1 N–H and O–H groups in total.